The van der Waals surface area contributed by atoms with E-state index in [2.05, 4.69) is 26.8 Å². The van der Waals surface area contributed by atoms with Gasteiger partial charge in [-0.1, -0.05) is 20.8 Å². The average molecular weight is 163 g/mol. The molecule has 0 amide bonds. The Hall–Kier alpha value is -0.510. The number of nitriles is 1. The van der Waals surface area contributed by atoms with Gasteiger partial charge in [-0.15, -0.1) is 0 Å². The Morgan fingerprint density at radius 2 is 2.00 bits per heavy atom. The van der Waals surface area contributed by atoms with E-state index < -0.39 is 0 Å². The van der Waals surface area contributed by atoms with Gasteiger partial charge in [0.1, 0.15) is 0 Å². The first kappa shape index (κ1) is 8.10. The molecule has 2 rings (SSSR count). The Kier molecular flexibility index (Phi) is 1.38. The molecule has 1 heteroatoms. The van der Waals surface area contributed by atoms with Crippen molar-refractivity contribution in [2.75, 3.05) is 0 Å². The van der Waals surface area contributed by atoms with Crippen molar-refractivity contribution in [3.05, 3.63) is 0 Å². The Bertz CT molecular complexity index is 243. The second-order valence-corrected chi connectivity index (χ2v) is 5.48. The van der Waals surface area contributed by atoms with Crippen LogP contribution in [0.1, 0.15) is 40.0 Å². The molecule has 0 aromatic rings. The fourth-order valence-corrected chi connectivity index (χ4v) is 3.62. The van der Waals surface area contributed by atoms with Crippen LogP contribution in [0.3, 0.4) is 0 Å². The van der Waals surface area contributed by atoms with Crippen molar-refractivity contribution >= 4 is 0 Å². The van der Waals surface area contributed by atoms with E-state index in [9.17, 15) is 0 Å². The second-order valence-electron chi connectivity index (χ2n) is 5.48. The molecule has 66 valence electrons. The first-order valence-corrected chi connectivity index (χ1v) is 4.90. The fourth-order valence-electron chi connectivity index (χ4n) is 3.62. The van der Waals surface area contributed by atoms with E-state index in [1.54, 1.807) is 0 Å². The van der Waals surface area contributed by atoms with Crippen molar-refractivity contribution in [3.63, 3.8) is 0 Å². The standard InChI is InChI=1S/C11H17N/c1-10(2)8-4-5-11(3,6-8)9(10)7-12/h8-9H,4-6H2,1-3H3. The van der Waals surface area contributed by atoms with Crippen LogP contribution in [0.4, 0.5) is 0 Å². The molecule has 0 spiro atoms. The lowest BCUT2D eigenvalue weighted by Crippen LogP contribution is -2.33. The molecule has 2 saturated carbocycles. The number of hydrogen-bond acceptors (Lipinski definition) is 1. The Labute approximate surface area is 74.8 Å². The molecule has 0 aromatic heterocycles. The lowest BCUT2D eigenvalue weighted by molar-refractivity contribution is 0.119. The van der Waals surface area contributed by atoms with Crippen LogP contribution in [0.25, 0.3) is 0 Å². The van der Waals surface area contributed by atoms with Gasteiger partial charge in [-0.05, 0) is 36.0 Å². The molecule has 2 aliphatic rings. The van der Waals surface area contributed by atoms with Crippen LogP contribution in [0, 0.1) is 34.0 Å². The van der Waals surface area contributed by atoms with Crippen molar-refractivity contribution in [1.82, 2.24) is 0 Å². The highest BCUT2D eigenvalue weighted by Gasteiger charge is 2.59. The first-order valence-electron chi connectivity index (χ1n) is 4.90. The molecule has 2 aliphatic carbocycles. The van der Waals surface area contributed by atoms with Gasteiger partial charge in [0.05, 0.1) is 12.0 Å². The molecular weight excluding hydrogens is 146 g/mol. The Morgan fingerprint density at radius 3 is 2.33 bits per heavy atom. The molecule has 0 saturated heterocycles. The zero-order valence-corrected chi connectivity index (χ0v) is 8.22. The summed E-state index contributed by atoms with van der Waals surface area (Å²) in [4.78, 5) is 0. The first-order chi connectivity index (χ1) is 5.50. The van der Waals surface area contributed by atoms with Gasteiger partial charge in [0.2, 0.25) is 0 Å². The highest BCUT2D eigenvalue weighted by Crippen LogP contribution is 2.65. The minimum Gasteiger partial charge on any atom is -0.198 e. The third kappa shape index (κ3) is 0.736. The topological polar surface area (TPSA) is 23.8 Å². The summed E-state index contributed by atoms with van der Waals surface area (Å²) >= 11 is 0. The zero-order chi connectivity index (χ0) is 8.98. The molecule has 0 N–H and O–H groups in total. The summed E-state index contributed by atoms with van der Waals surface area (Å²) in [7, 11) is 0. The lowest BCUT2D eigenvalue weighted by Gasteiger charge is -2.38. The molecular formula is C11H17N. The zero-order valence-electron chi connectivity index (χ0n) is 8.22. The van der Waals surface area contributed by atoms with Gasteiger partial charge in [-0.3, -0.25) is 0 Å². The van der Waals surface area contributed by atoms with Crippen LogP contribution in [-0.2, 0) is 0 Å². The molecule has 3 atom stereocenters. The maximum atomic E-state index is 9.14. The van der Waals surface area contributed by atoms with Gasteiger partial charge in [0.15, 0.2) is 0 Å². The van der Waals surface area contributed by atoms with Crippen LogP contribution in [0.5, 0.6) is 0 Å². The third-order valence-electron chi connectivity index (χ3n) is 4.40. The van der Waals surface area contributed by atoms with Crippen molar-refractivity contribution in [3.8, 4) is 6.07 Å². The predicted molar refractivity (Wildman–Crippen MR) is 48.3 cm³/mol. The van der Waals surface area contributed by atoms with Crippen LogP contribution in [-0.4, -0.2) is 0 Å². The molecule has 12 heavy (non-hydrogen) atoms. The van der Waals surface area contributed by atoms with E-state index in [0.717, 1.165) is 5.92 Å². The van der Waals surface area contributed by atoms with Gasteiger partial charge in [0, 0.05) is 0 Å². The maximum Gasteiger partial charge on any atom is 0.0667 e. The van der Waals surface area contributed by atoms with Crippen molar-refractivity contribution in [1.29, 1.82) is 5.26 Å². The van der Waals surface area contributed by atoms with Crippen molar-refractivity contribution in [2.24, 2.45) is 22.7 Å². The lowest BCUT2D eigenvalue weighted by atomic mass is 9.65. The highest BCUT2D eigenvalue weighted by molar-refractivity contribution is 5.15. The van der Waals surface area contributed by atoms with Crippen molar-refractivity contribution in [2.45, 2.75) is 40.0 Å². The summed E-state index contributed by atoms with van der Waals surface area (Å²) in [5.41, 5.74) is 0.630. The summed E-state index contributed by atoms with van der Waals surface area (Å²) in [6.45, 7) is 6.85. The van der Waals surface area contributed by atoms with Gasteiger partial charge in [0.25, 0.3) is 0 Å². The second kappa shape index (κ2) is 2.05. The molecule has 0 aliphatic heterocycles. The van der Waals surface area contributed by atoms with E-state index in [1.165, 1.54) is 19.3 Å². The maximum absolute atomic E-state index is 9.14. The third-order valence-corrected chi connectivity index (χ3v) is 4.40. The van der Waals surface area contributed by atoms with Gasteiger partial charge in [-0.2, -0.15) is 5.26 Å². The van der Waals surface area contributed by atoms with Gasteiger partial charge in [-0.25, -0.2) is 0 Å². The average Bonchev–Trinajstić information content (AvgIpc) is 2.39. The van der Waals surface area contributed by atoms with Crippen LogP contribution in [0.15, 0.2) is 0 Å². The summed E-state index contributed by atoms with van der Waals surface area (Å²) < 4.78 is 0. The minimum absolute atomic E-state index is 0.280. The number of nitrogens with zero attached hydrogens (tertiary/aromatic N) is 1. The Balaban J connectivity index is 2.39. The molecule has 2 bridgehead atoms. The summed E-state index contributed by atoms with van der Waals surface area (Å²) in [6, 6.07) is 2.53. The predicted octanol–water partition coefficient (Wildman–Crippen LogP) is 2.97. The molecule has 3 unspecified atom stereocenters. The van der Waals surface area contributed by atoms with Gasteiger partial charge < -0.3 is 0 Å². The summed E-state index contributed by atoms with van der Waals surface area (Å²) in [5, 5.41) is 9.14. The molecule has 2 fully saturated rings. The van der Waals surface area contributed by atoms with E-state index in [4.69, 9.17) is 5.26 Å². The number of hydrogen-bond donors (Lipinski definition) is 0. The van der Waals surface area contributed by atoms with Crippen LogP contribution >= 0.6 is 0 Å². The molecule has 0 aromatic carbocycles. The van der Waals surface area contributed by atoms with E-state index in [-0.39, 0.29) is 5.41 Å². The van der Waals surface area contributed by atoms with E-state index >= 15 is 0 Å². The summed E-state index contributed by atoms with van der Waals surface area (Å²) in [5.74, 6) is 1.11. The highest BCUT2D eigenvalue weighted by atomic mass is 14.6. The minimum atomic E-state index is 0.280. The normalized spacial score (nSPS) is 49.2. The van der Waals surface area contributed by atoms with Gasteiger partial charge >= 0.3 is 0 Å². The van der Waals surface area contributed by atoms with E-state index in [1.807, 2.05) is 0 Å². The Morgan fingerprint density at radius 1 is 1.33 bits per heavy atom. The number of rotatable bonds is 0. The van der Waals surface area contributed by atoms with Crippen molar-refractivity contribution < 1.29 is 0 Å². The number of fused-ring (bicyclic) bond motifs is 2. The summed E-state index contributed by atoms with van der Waals surface area (Å²) in [6.07, 6.45) is 3.92. The fraction of sp³-hybridized carbons (Fsp3) is 0.909. The van der Waals surface area contributed by atoms with E-state index in [0.29, 0.717) is 11.3 Å². The van der Waals surface area contributed by atoms with Crippen LogP contribution in [0.2, 0.25) is 0 Å². The SMILES string of the molecule is CC12CCC(C1)C(C)(C)C2C#N. The monoisotopic (exact) mass is 163 g/mol. The smallest absolute Gasteiger partial charge is 0.0667 e. The largest absolute Gasteiger partial charge is 0.198 e. The molecule has 0 radical (unpaired) electrons. The molecule has 0 heterocycles. The molecule has 1 nitrogen and oxygen atoms in total. The van der Waals surface area contributed by atoms with Crippen LogP contribution < -0.4 is 0 Å². The quantitative estimate of drug-likeness (QED) is 0.538.